The van der Waals surface area contributed by atoms with Crippen LogP contribution < -0.4 is 10.9 Å². The number of nitrogens with one attached hydrogen (secondary N) is 1. The molecule has 27 heavy (non-hydrogen) atoms. The van der Waals surface area contributed by atoms with Gasteiger partial charge < -0.3 is 19.4 Å². The molecular formula is C19H18BrN3O4. The number of carboxylic acid groups (broad SMARTS) is 1. The second-order valence-corrected chi connectivity index (χ2v) is 8.37. The molecule has 0 saturated heterocycles. The lowest BCUT2D eigenvalue weighted by Crippen LogP contribution is -2.42. The fourth-order valence-corrected chi connectivity index (χ4v) is 4.34. The molecule has 2 N–H and O–H groups in total. The molecule has 0 spiro atoms. The highest BCUT2D eigenvalue weighted by Gasteiger charge is 2.36. The molecule has 0 unspecified atom stereocenters. The minimum Gasteiger partial charge on any atom is -0.465 e. The summed E-state index contributed by atoms with van der Waals surface area (Å²) in [6.45, 7) is 2.00. The predicted molar refractivity (Wildman–Crippen MR) is 103 cm³/mol. The zero-order valence-corrected chi connectivity index (χ0v) is 16.2. The van der Waals surface area contributed by atoms with Crippen LogP contribution in [0.3, 0.4) is 0 Å². The van der Waals surface area contributed by atoms with Crippen LogP contribution in [0.25, 0.3) is 22.0 Å². The topological polar surface area (TPSA) is 97.4 Å². The summed E-state index contributed by atoms with van der Waals surface area (Å²) < 4.78 is 8.89. The van der Waals surface area contributed by atoms with Crippen molar-refractivity contribution in [2.45, 2.75) is 50.6 Å². The summed E-state index contributed by atoms with van der Waals surface area (Å²) >= 11 is 3.57. The van der Waals surface area contributed by atoms with Crippen molar-refractivity contribution in [3.8, 4) is 0 Å². The predicted octanol–water partition coefficient (Wildman–Crippen LogP) is 4.06. The number of fused-ring (bicyclic) bond motifs is 3. The van der Waals surface area contributed by atoms with Crippen LogP contribution in [-0.4, -0.2) is 26.8 Å². The highest BCUT2D eigenvalue weighted by molar-refractivity contribution is 9.10. The third kappa shape index (κ3) is 2.57. The number of aromatic nitrogens is 2. The van der Waals surface area contributed by atoms with E-state index in [1.165, 1.54) is 0 Å². The Labute approximate surface area is 162 Å². The number of halogens is 1. The minimum absolute atomic E-state index is 0.0367. The molecule has 2 aliphatic rings. The van der Waals surface area contributed by atoms with Crippen LogP contribution >= 0.6 is 15.9 Å². The lowest BCUT2D eigenvalue weighted by atomic mass is 9.80. The molecule has 0 aliphatic heterocycles. The van der Waals surface area contributed by atoms with Gasteiger partial charge in [-0.15, -0.1) is 0 Å². The summed E-state index contributed by atoms with van der Waals surface area (Å²) in [6, 6.07) is 4.08. The number of benzene rings is 1. The van der Waals surface area contributed by atoms with Crippen LogP contribution in [0, 0.1) is 6.92 Å². The maximum atomic E-state index is 13.2. The zero-order valence-electron chi connectivity index (χ0n) is 14.7. The molecule has 2 aromatic heterocycles. The molecular weight excluding hydrogens is 414 g/mol. The van der Waals surface area contributed by atoms with Crippen molar-refractivity contribution in [3.05, 3.63) is 38.4 Å². The number of rotatable bonds is 3. The molecule has 0 radical (unpaired) electrons. The largest absolute Gasteiger partial charge is 0.465 e. The molecule has 8 heteroatoms. The Morgan fingerprint density at radius 1 is 1.37 bits per heavy atom. The summed E-state index contributed by atoms with van der Waals surface area (Å²) in [5.41, 5.74) is 2.74. The van der Waals surface area contributed by atoms with Gasteiger partial charge in [0.15, 0.2) is 17.0 Å². The van der Waals surface area contributed by atoms with Crippen molar-refractivity contribution in [1.82, 2.24) is 14.9 Å². The maximum absolute atomic E-state index is 13.2. The van der Waals surface area contributed by atoms with Crippen LogP contribution in [0.15, 0.2) is 25.8 Å². The van der Waals surface area contributed by atoms with E-state index < -0.39 is 6.09 Å². The molecule has 1 aromatic carbocycles. The van der Waals surface area contributed by atoms with Crippen molar-refractivity contribution in [1.29, 1.82) is 0 Å². The molecule has 3 aromatic rings. The van der Waals surface area contributed by atoms with E-state index in [9.17, 15) is 9.59 Å². The third-order valence-electron chi connectivity index (χ3n) is 5.64. The van der Waals surface area contributed by atoms with E-state index in [4.69, 9.17) is 9.52 Å². The third-order valence-corrected chi connectivity index (χ3v) is 6.50. The molecule has 2 saturated carbocycles. The average molecular weight is 432 g/mol. The number of pyridine rings is 1. The second-order valence-electron chi connectivity index (χ2n) is 7.52. The normalized spacial score (nSPS) is 22.1. The number of nitrogens with zero attached hydrogens (tertiary/aromatic N) is 2. The van der Waals surface area contributed by atoms with Crippen LogP contribution in [0.1, 0.15) is 49.1 Å². The Balaban J connectivity index is 1.66. The smallest absolute Gasteiger partial charge is 0.404 e. The average Bonchev–Trinajstić information content (AvgIpc) is 3.32. The quantitative estimate of drug-likeness (QED) is 0.651. The SMILES string of the molecule is Cc1c(Br)ccc2c3oc(C4CC(NC(=O)O)C4)nc3c(=O)n(C3CC3)c12. The van der Waals surface area contributed by atoms with Gasteiger partial charge in [-0.1, -0.05) is 15.9 Å². The van der Waals surface area contributed by atoms with Gasteiger partial charge in [-0.05, 0) is 50.3 Å². The fourth-order valence-electron chi connectivity index (χ4n) is 4.02. The van der Waals surface area contributed by atoms with Gasteiger partial charge in [0.2, 0.25) is 0 Å². The van der Waals surface area contributed by atoms with Gasteiger partial charge in [0.25, 0.3) is 5.56 Å². The van der Waals surface area contributed by atoms with Gasteiger partial charge in [-0.3, -0.25) is 4.79 Å². The van der Waals surface area contributed by atoms with Crippen molar-refractivity contribution in [2.75, 3.05) is 0 Å². The number of aryl methyl sites for hydroxylation is 1. The first-order valence-corrected chi connectivity index (χ1v) is 9.86. The Bertz CT molecular complexity index is 1160. The van der Waals surface area contributed by atoms with Gasteiger partial charge in [0.1, 0.15) is 0 Å². The van der Waals surface area contributed by atoms with E-state index in [0.717, 1.165) is 33.8 Å². The van der Waals surface area contributed by atoms with Crippen molar-refractivity contribution in [2.24, 2.45) is 0 Å². The summed E-state index contributed by atoms with van der Waals surface area (Å²) in [5.74, 6) is 0.565. The first-order chi connectivity index (χ1) is 12.9. The Morgan fingerprint density at radius 2 is 2.11 bits per heavy atom. The summed E-state index contributed by atoms with van der Waals surface area (Å²) in [4.78, 5) is 28.5. The molecule has 2 fully saturated rings. The lowest BCUT2D eigenvalue weighted by Gasteiger charge is -2.32. The maximum Gasteiger partial charge on any atom is 0.404 e. The summed E-state index contributed by atoms with van der Waals surface area (Å²) in [5, 5.41) is 12.2. The van der Waals surface area contributed by atoms with Crippen molar-refractivity contribution >= 4 is 44.0 Å². The number of carbonyl (C=O) groups is 1. The first-order valence-electron chi connectivity index (χ1n) is 9.07. The second kappa shape index (κ2) is 5.82. The molecule has 2 aliphatic carbocycles. The molecule has 2 heterocycles. The highest BCUT2D eigenvalue weighted by Crippen LogP contribution is 2.41. The minimum atomic E-state index is -1.02. The Morgan fingerprint density at radius 3 is 2.78 bits per heavy atom. The van der Waals surface area contributed by atoms with E-state index in [1.54, 1.807) is 0 Å². The molecule has 140 valence electrons. The molecule has 0 bridgehead atoms. The van der Waals surface area contributed by atoms with Gasteiger partial charge in [-0.25, -0.2) is 9.78 Å². The van der Waals surface area contributed by atoms with Crippen LogP contribution in [0.2, 0.25) is 0 Å². The van der Waals surface area contributed by atoms with E-state index in [2.05, 4.69) is 26.2 Å². The number of oxazole rings is 1. The Hall–Kier alpha value is -2.35. The lowest BCUT2D eigenvalue weighted by molar-refractivity contribution is 0.174. The fraction of sp³-hybridized carbons (Fsp3) is 0.421. The van der Waals surface area contributed by atoms with Gasteiger partial charge >= 0.3 is 6.09 Å². The molecule has 7 nitrogen and oxygen atoms in total. The van der Waals surface area contributed by atoms with Gasteiger partial charge in [-0.2, -0.15) is 0 Å². The van der Waals surface area contributed by atoms with Crippen molar-refractivity contribution < 1.29 is 14.3 Å². The van der Waals surface area contributed by atoms with Gasteiger partial charge in [0.05, 0.1) is 5.52 Å². The highest BCUT2D eigenvalue weighted by atomic mass is 79.9. The van der Waals surface area contributed by atoms with Crippen LogP contribution in [0.5, 0.6) is 0 Å². The number of hydrogen-bond donors (Lipinski definition) is 2. The van der Waals surface area contributed by atoms with E-state index in [0.29, 0.717) is 29.8 Å². The zero-order chi connectivity index (χ0) is 18.9. The van der Waals surface area contributed by atoms with Crippen LogP contribution in [-0.2, 0) is 0 Å². The van der Waals surface area contributed by atoms with E-state index in [1.807, 2.05) is 23.6 Å². The standard InChI is InChI=1S/C19H18BrN3O4/c1-8-13(20)5-4-12-15(8)23(11-2-3-11)18(24)14-16(12)27-17(22-14)9-6-10(7-9)21-19(25)26/h4-5,9-11,21H,2-3,6-7H2,1H3,(H,25,26). The molecule has 1 amide bonds. The monoisotopic (exact) mass is 431 g/mol. The number of hydrogen-bond acceptors (Lipinski definition) is 4. The summed E-state index contributed by atoms with van der Waals surface area (Å²) in [7, 11) is 0. The van der Waals surface area contributed by atoms with Gasteiger partial charge in [0, 0.05) is 27.9 Å². The molecule has 5 rings (SSSR count). The van der Waals surface area contributed by atoms with Crippen LogP contribution in [0.4, 0.5) is 4.79 Å². The first kappa shape index (κ1) is 16.8. The van der Waals surface area contributed by atoms with E-state index in [-0.39, 0.29) is 23.6 Å². The summed E-state index contributed by atoms with van der Waals surface area (Å²) in [6.07, 6.45) is 2.26. The Kier molecular flexibility index (Phi) is 3.62. The molecule has 0 atom stereocenters. The number of amides is 1. The van der Waals surface area contributed by atoms with E-state index >= 15 is 0 Å². The van der Waals surface area contributed by atoms with Crippen molar-refractivity contribution in [3.63, 3.8) is 0 Å².